The van der Waals surface area contributed by atoms with Gasteiger partial charge in [0.05, 0.1) is 30.9 Å². The number of thiophene rings is 1. The summed E-state index contributed by atoms with van der Waals surface area (Å²) in [6.07, 6.45) is 0.571. The zero-order chi connectivity index (χ0) is 23.4. The first-order chi connectivity index (χ1) is 16.0. The van der Waals surface area contributed by atoms with Gasteiger partial charge in [-0.05, 0) is 48.2 Å². The molecule has 0 spiro atoms. The van der Waals surface area contributed by atoms with Crippen molar-refractivity contribution in [2.45, 2.75) is 19.4 Å². The van der Waals surface area contributed by atoms with Crippen molar-refractivity contribution in [2.24, 2.45) is 5.10 Å². The quantitative estimate of drug-likeness (QED) is 0.451. The number of rotatable bonds is 8. The molecule has 0 N–H and O–H groups in total. The van der Waals surface area contributed by atoms with E-state index in [9.17, 15) is 9.59 Å². The second-order valence-corrected chi connectivity index (χ2v) is 8.42. The Morgan fingerprint density at radius 1 is 1.06 bits per heavy atom. The molecule has 0 aliphatic carbocycles. The van der Waals surface area contributed by atoms with Crippen LogP contribution in [-0.2, 0) is 4.79 Å². The van der Waals surface area contributed by atoms with Gasteiger partial charge in [0.2, 0.25) is 0 Å². The third kappa shape index (κ3) is 4.90. The van der Waals surface area contributed by atoms with Crippen LogP contribution in [0.1, 0.15) is 40.2 Å². The number of ketones is 1. The monoisotopic (exact) mass is 464 g/mol. The van der Waals surface area contributed by atoms with Crippen molar-refractivity contribution < 1.29 is 23.8 Å². The minimum atomic E-state index is -0.304. The van der Waals surface area contributed by atoms with Crippen molar-refractivity contribution in [2.75, 3.05) is 20.8 Å². The van der Waals surface area contributed by atoms with Crippen LogP contribution in [0.25, 0.3) is 0 Å². The predicted octanol–water partition coefficient (Wildman–Crippen LogP) is 4.72. The van der Waals surface area contributed by atoms with E-state index in [0.717, 1.165) is 16.2 Å². The lowest BCUT2D eigenvalue weighted by molar-refractivity contribution is -0.135. The van der Waals surface area contributed by atoms with Crippen molar-refractivity contribution in [3.8, 4) is 17.2 Å². The van der Waals surface area contributed by atoms with Crippen LogP contribution >= 0.6 is 11.3 Å². The molecule has 1 aliphatic rings. The highest BCUT2D eigenvalue weighted by Crippen LogP contribution is 2.38. The largest absolute Gasteiger partial charge is 0.493 e. The van der Waals surface area contributed by atoms with Gasteiger partial charge in [-0.1, -0.05) is 24.3 Å². The summed E-state index contributed by atoms with van der Waals surface area (Å²) >= 11 is 1.58. The van der Waals surface area contributed by atoms with Crippen molar-refractivity contribution in [3.05, 3.63) is 76.0 Å². The lowest BCUT2D eigenvalue weighted by Crippen LogP contribution is -2.31. The molecule has 0 saturated carbocycles. The number of ether oxygens (including phenoxy) is 3. The summed E-state index contributed by atoms with van der Waals surface area (Å²) < 4.78 is 16.5. The fourth-order valence-electron chi connectivity index (χ4n) is 3.67. The molecule has 0 fully saturated rings. The topological polar surface area (TPSA) is 77.4 Å². The summed E-state index contributed by atoms with van der Waals surface area (Å²) in [6, 6.07) is 16.0. The van der Waals surface area contributed by atoms with Crippen LogP contribution in [0.3, 0.4) is 0 Å². The van der Waals surface area contributed by atoms with E-state index >= 15 is 0 Å². The summed E-state index contributed by atoms with van der Waals surface area (Å²) in [7, 11) is 3.16. The van der Waals surface area contributed by atoms with Crippen molar-refractivity contribution >= 4 is 28.7 Å². The van der Waals surface area contributed by atoms with Gasteiger partial charge in [-0.25, -0.2) is 5.01 Å². The highest BCUT2D eigenvalue weighted by molar-refractivity contribution is 7.12. The predicted molar refractivity (Wildman–Crippen MR) is 127 cm³/mol. The van der Waals surface area contributed by atoms with E-state index in [1.807, 2.05) is 35.7 Å². The zero-order valence-electron chi connectivity index (χ0n) is 18.6. The Morgan fingerprint density at radius 2 is 1.88 bits per heavy atom. The number of hydrogen-bond donors (Lipinski definition) is 0. The van der Waals surface area contributed by atoms with E-state index in [2.05, 4.69) is 5.10 Å². The van der Waals surface area contributed by atoms with E-state index in [1.54, 1.807) is 49.8 Å². The smallest absolute Gasteiger partial charge is 0.281 e. The van der Waals surface area contributed by atoms with Crippen LogP contribution in [0.15, 0.2) is 65.1 Å². The number of carbonyl (C=O) groups is 2. The number of benzene rings is 2. The summed E-state index contributed by atoms with van der Waals surface area (Å²) in [5.41, 5.74) is 2.26. The van der Waals surface area contributed by atoms with Gasteiger partial charge in [-0.3, -0.25) is 9.59 Å². The van der Waals surface area contributed by atoms with Gasteiger partial charge in [0.1, 0.15) is 5.75 Å². The fourth-order valence-corrected chi connectivity index (χ4v) is 4.39. The summed E-state index contributed by atoms with van der Waals surface area (Å²) in [5.74, 6) is 1.31. The number of amides is 1. The van der Waals surface area contributed by atoms with E-state index in [-0.39, 0.29) is 24.3 Å². The van der Waals surface area contributed by atoms with Gasteiger partial charge in [-0.2, -0.15) is 5.10 Å². The molecule has 33 heavy (non-hydrogen) atoms. The minimum Gasteiger partial charge on any atom is -0.493 e. The molecule has 0 saturated heterocycles. The average molecular weight is 465 g/mol. The molecule has 1 amide bonds. The molecule has 0 bridgehead atoms. The number of methoxy groups -OCH3 is 2. The lowest BCUT2D eigenvalue weighted by atomic mass is 10.0. The first kappa shape index (κ1) is 22.5. The maximum Gasteiger partial charge on any atom is 0.281 e. The van der Waals surface area contributed by atoms with Crippen LogP contribution in [-0.4, -0.2) is 43.2 Å². The van der Waals surface area contributed by atoms with Gasteiger partial charge in [-0.15, -0.1) is 11.3 Å². The molecule has 4 rings (SSSR count). The summed E-state index contributed by atoms with van der Waals surface area (Å²) in [5, 5.41) is 8.11. The molecule has 2 aromatic carbocycles. The highest BCUT2D eigenvalue weighted by Gasteiger charge is 2.34. The Balaban J connectivity index is 1.58. The van der Waals surface area contributed by atoms with Crippen LogP contribution in [0.4, 0.5) is 0 Å². The summed E-state index contributed by atoms with van der Waals surface area (Å²) in [6.45, 7) is 1.29. The average Bonchev–Trinajstić information content (AvgIpc) is 3.52. The maximum absolute atomic E-state index is 13.2. The Hall–Kier alpha value is -3.65. The molecule has 8 heteroatoms. The standard InChI is InChI=1S/C25H24N2O5S/c1-16(28)17-6-4-7-19(12-17)32-15-25(29)27-21(14-20(26-27)24-8-5-11-33-24)18-9-10-22(30-2)23(13-18)31-3/h4-13,21H,14-15H2,1-3H3/t21-/m0/s1. The zero-order valence-corrected chi connectivity index (χ0v) is 19.4. The second-order valence-electron chi connectivity index (χ2n) is 7.47. The maximum atomic E-state index is 13.2. The number of hydrogen-bond acceptors (Lipinski definition) is 7. The Morgan fingerprint density at radius 3 is 2.58 bits per heavy atom. The Kier molecular flexibility index (Phi) is 6.74. The third-order valence-electron chi connectivity index (χ3n) is 5.37. The highest BCUT2D eigenvalue weighted by atomic mass is 32.1. The van der Waals surface area contributed by atoms with Gasteiger partial charge < -0.3 is 14.2 Å². The molecule has 0 unspecified atom stereocenters. The van der Waals surface area contributed by atoms with E-state index in [4.69, 9.17) is 14.2 Å². The van der Waals surface area contributed by atoms with Gasteiger partial charge in [0, 0.05) is 12.0 Å². The number of hydrazone groups is 1. The molecular weight excluding hydrogens is 440 g/mol. The van der Waals surface area contributed by atoms with Crippen LogP contribution in [0.5, 0.6) is 17.2 Å². The van der Waals surface area contributed by atoms with E-state index in [0.29, 0.717) is 29.2 Å². The lowest BCUT2D eigenvalue weighted by Gasteiger charge is -2.23. The first-order valence-corrected chi connectivity index (χ1v) is 11.3. The molecule has 170 valence electrons. The number of nitrogens with zero attached hydrogens (tertiary/aromatic N) is 2. The molecule has 0 radical (unpaired) electrons. The van der Waals surface area contributed by atoms with Gasteiger partial charge >= 0.3 is 0 Å². The van der Waals surface area contributed by atoms with Gasteiger partial charge in [0.15, 0.2) is 23.9 Å². The third-order valence-corrected chi connectivity index (χ3v) is 6.29. The first-order valence-electron chi connectivity index (χ1n) is 10.4. The second kappa shape index (κ2) is 9.87. The molecule has 1 atom stereocenters. The molecular formula is C25H24N2O5S. The molecule has 1 aromatic heterocycles. The fraction of sp³-hybridized carbons (Fsp3) is 0.240. The SMILES string of the molecule is COc1ccc([C@@H]2CC(c3cccs3)=NN2C(=O)COc2cccc(C(C)=O)c2)cc1OC. The summed E-state index contributed by atoms with van der Waals surface area (Å²) in [4.78, 5) is 25.8. The Labute approximate surface area is 196 Å². The molecule has 3 aromatic rings. The van der Waals surface area contributed by atoms with Gasteiger partial charge in [0.25, 0.3) is 5.91 Å². The molecule has 2 heterocycles. The Bertz CT molecular complexity index is 1190. The number of Topliss-reactive ketones (excluding diaryl/α,β-unsaturated/α-hetero) is 1. The normalized spacial score (nSPS) is 15.2. The number of carbonyl (C=O) groups excluding carboxylic acids is 2. The van der Waals surface area contributed by atoms with Crippen LogP contribution in [0.2, 0.25) is 0 Å². The van der Waals surface area contributed by atoms with Crippen LogP contribution < -0.4 is 14.2 Å². The molecule has 7 nitrogen and oxygen atoms in total. The van der Waals surface area contributed by atoms with Crippen molar-refractivity contribution in [3.63, 3.8) is 0 Å². The minimum absolute atomic E-state index is 0.0648. The van der Waals surface area contributed by atoms with Crippen LogP contribution in [0, 0.1) is 0 Å². The van der Waals surface area contributed by atoms with E-state index in [1.165, 1.54) is 11.9 Å². The van der Waals surface area contributed by atoms with Crippen molar-refractivity contribution in [1.82, 2.24) is 5.01 Å². The van der Waals surface area contributed by atoms with E-state index < -0.39 is 0 Å². The van der Waals surface area contributed by atoms with Crippen molar-refractivity contribution in [1.29, 1.82) is 0 Å². The molecule has 1 aliphatic heterocycles.